The summed E-state index contributed by atoms with van der Waals surface area (Å²) in [5.41, 5.74) is 1.69. The van der Waals surface area contributed by atoms with Gasteiger partial charge in [-0.3, -0.25) is 15.0 Å². The van der Waals surface area contributed by atoms with Gasteiger partial charge in [0.1, 0.15) is 0 Å². The van der Waals surface area contributed by atoms with E-state index in [-0.39, 0.29) is 11.7 Å². The number of nitrogens with zero attached hydrogens (tertiary/aromatic N) is 3. The van der Waals surface area contributed by atoms with Crippen LogP contribution in [-0.2, 0) is 6.54 Å². The van der Waals surface area contributed by atoms with E-state index in [0.717, 1.165) is 25.3 Å². The van der Waals surface area contributed by atoms with Gasteiger partial charge in [0, 0.05) is 18.0 Å². The molecule has 3 rings (SSSR count). The van der Waals surface area contributed by atoms with Gasteiger partial charge in [-0.1, -0.05) is 11.6 Å². The number of amides is 1. The van der Waals surface area contributed by atoms with E-state index >= 15 is 0 Å². The third kappa shape index (κ3) is 3.68. The minimum atomic E-state index is -0.311. The number of piperidine rings is 1. The van der Waals surface area contributed by atoms with Crippen molar-refractivity contribution in [3.8, 4) is 0 Å². The average Bonchev–Trinajstić information content (AvgIpc) is 3.09. The van der Waals surface area contributed by atoms with Crippen molar-refractivity contribution >= 4 is 22.4 Å². The van der Waals surface area contributed by atoms with Crippen LogP contribution < -0.4 is 5.32 Å². The summed E-state index contributed by atoms with van der Waals surface area (Å²) in [5, 5.41) is 9.04. The normalized spacial score (nSPS) is 16.0. The lowest BCUT2D eigenvalue weighted by atomic mass is 10.1. The summed E-state index contributed by atoms with van der Waals surface area (Å²) >= 11 is 1.44. The first-order valence-corrected chi connectivity index (χ1v) is 8.00. The summed E-state index contributed by atoms with van der Waals surface area (Å²) < 4.78 is 4.93. The number of hydrogen-bond donors (Lipinski definition) is 1. The Morgan fingerprint density at radius 2 is 2.24 bits per heavy atom. The van der Waals surface area contributed by atoms with Gasteiger partial charge < -0.3 is 4.52 Å². The minimum absolute atomic E-state index is 0.209. The number of nitrogens with one attached hydrogen (secondary N) is 1. The van der Waals surface area contributed by atoms with Crippen molar-refractivity contribution in [3.05, 3.63) is 28.6 Å². The van der Waals surface area contributed by atoms with Gasteiger partial charge in [-0.05, 0) is 32.9 Å². The van der Waals surface area contributed by atoms with Crippen molar-refractivity contribution in [1.29, 1.82) is 0 Å². The second-order valence-corrected chi connectivity index (χ2v) is 6.13. The number of likely N-dealkylation sites (tertiary alicyclic amines) is 1. The second-order valence-electron chi connectivity index (χ2n) is 5.27. The standard InChI is InChI=1S/C14H18N4O2S/c1-10-7-12(20-17-10)13(19)16-14-15-11(9-21-14)8-18-5-3-2-4-6-18/h7,9H,2-6,8H2,1H3,(H,15,16,19). The third-order valence-corrected chi connectivity index (χ3v) is 4.26. The number of anilines is 1. The van der Waals surface area contributed by atoms with Crippen LogP contribution in [0.25, 0.3) is 0 Å². The summed E-state index contributed by atoms with van der Waals surface area (Å²) in [4.78, 5) is 18.8. The van der Waals surface area contributed by atoms with Crippen LogP contribution >= 0.6 is 11.3 Å². The highest BCUT2D eigenvalue weighted by Gasteiger charge is 2.15. The molecule has 0 aromatic carbocycles. The molecule has 1 saturated heterocycles. The minimum Gasteiger partial charge on any atom is -0.351 e. The molecule has 0 bridgehead atoms. The molecule has 2 aromatic heterocycles. The average molecular weight is 306 g/mol. The van der Waals surface area contributed by atoms with Gasteiger partial charge in [-0.15, -0.1) is 11.3 Å². The fraction of sp³-hybridized carbons (Fsp3) is 0.500. The van der Waals surface area contributed by atoms with Gasteiger partial charge in [0.15, 0.2) is 5.13 Å². The van der Waals surface area contributed by atoms with Crippen molar-refractivity contribution in [1.82, 2.24) is 15.0 Å². The Labute approximate surface area is 127 Å². The van der Waals surface area contributed by atoms with E-state index < -0.39 is 0 Å². The molecule has 0 radical (unpaired) electrons. The van der Waals surface area contributed by atoms with Crippen LogP contribution in [-0.4, -0.2) is 34.0 Å². The predicted octanol–water partition coefficient (Wildman–Crippen LogP) is 2.68. The van der Waals surface area contributed by atoms with Crippen molar-refractivity contribution in [2.45, 2.75) is 32.7 Å². The molecular weight excluding hydrogens is 288 g/mol. The van der Waals surface area contributed by atoms with E-state index in [1.807, 2.05) is 5.38 Å². The molecule has 2 aromatic rings. The fourth-order valence-electron chi connectivity index (χ4n) is 2.41. The molecule has 1 N–H and O–H groups in total. The number of rotatable bonds is 4. The van der Waals surface area contributed by atoms with Gasteiger partial charge >= 0.3 is 0 Å². The molecule has 0 atom stereocenters. The monoisotopic (exact) mass is 306 g/mol. The maximum absolute atomic E-state index is 11.9. The maximum Gasteiger partial charge on any atom is 0.296 e. The largest absolute Gasteiger partial charge is 0.351 e. The quantitative estimate of drug-likeness (QED) is 0.940. The van der Waals surface area contributed by atoms with Crippen LogP contribution in [0.4, 0.5) is 5.13 Å². The van der Waals surface area contributed by atoms with Crippen LogP contribution in [0.2, 0.25) is 0 Å². The zero-order valence-electron chi connectivity index (χ0n) is 12.0. The third-order valence-electron chi connectivity index (χ3n) is 3.46. The lowest BCUT2D eigenvalue weighted by molar-refractivity contribution is 0.0988. The maximum atomic E-state index is 11.9. The van der Waals surface area contributed by atoms with Gasteiger partial charge in [0.05, 0.1) is 11.4 Å². The Hall–Kier alpha value is -1.73. The van der Waals surface area contributed by atoms with E-state index in [9.17, 15) is 4.79 Å². The van der Waals surface area contributed by atoms with E-state index in [1.54, 1.807) is 13.0 Å². The van der Waals surface area contributed by atoms with Crippen LogP contribution in [0.1, 0.15) is 41.2 Å². The molecule has 0 spiro atoms. The number of aromatic nitrogens is 2. The molecule has 21 heavy (non-hydrogen) atoms. The first kappa shape index (κ1) is 14.2. The Bertz CT molecular complexity index is 616. The topological polar surface area (TPSA) is 71.3 Å². The summed E-state index contributed by atoms with van der Waals surface area (Å²) in [6, 6.07) is 1.61. The summed E-state index contributed by atoms with van der Waals surface area (Å²) in [6.45, 7) is 4.90. The second kappa shape index (κ2) is 6.36. The van der Waals surface area contributed by atoms with Gasteiger partial charge in [-0.2, -0.15) is 0 Å². The number of hydrogen-bond acceptors (Lipinski definition) is 6. The Morgan fingerprint density at radius 3 is 2.95 bits per heavy atom. The molecule has 112 valence electrons. The van der Waals surface area contributed by atoms with Crippen LogP contribution in [0.3, 0.4) is 0 Å². The summed E-state index contributed by atoms with van der Waals surface area (Å²) in [7, 11) is 0. The summed E-state index contributed by atoms with van der Waals surface area (Å²) in [6.07, 6.45) is 3.85. The van der Waals surface area contributed by atoms with Crippen molar-refractivity contribution in [2.24, 2.45) is 0 Å². The Kier molecular flexibility index (Phi) is 4.31. The zero-order chi connectivity index (χ0) is 14.7. The summed E-state index contributed by atoms with van der Waals surface area (Å²) in [5.74, 6) is -0.102. The highest BCUT2D eigenvalue weighted by molar-refractivity contribution is 7.13. The molecule has 0 aliphatic carbocycles. The molecule has 1 aliphatic heterocycles. The predicted molar refractivity (Wildman–Crippen MR) is 80.4 cm³/mol. The van der Waals surface area contributed by atoms with E-state index in [2.05, 4.69) is 20.4 Å². The Balaban J connectivity index is 1.58. The molecule has 1 aliphatic rings. The first-order chi connectivity index (χ1) is 10.2. The van der Waals surface area contributed by atoms with Gasteiger partial charge in [-0.25, -0.2) is 4.98 Å². The lowest BCUT2D eigenvalue weighted by Gasteiger charge is -2.25. The molecule has 7 heteroatoms. The zero-order valence-corrected chi connectivity index (χ0v) is 12.8. The van der Waals surface area contributed by atoms with Gasteiger partial charge in [0.2, 0.25) is 5.76 Å². The number of carbonyl (C=O) groups excluding carboxylic acids is 1. The first-order valence-electron chi connectivity index (χ1n) is 7.12. The molecule has 0 saturated carbocycles. The van der Waals surface area contributed by atoms with E-state index in [0.29, 0.717) is 10.8 Å². The van der Waals surface area contributed by atoms with E-state index in [1.165, 1.54) is 30.6 Å². The highest BCUT2D eigenvalue weighted by atomic mass is 32.1. The molecule has 1 amide bonds. The Morgan fingerprint density at radius 1 is 1.43 bits per heavy atom. The molecular formula is C14H18N4O2S. The highest BCUT2D eigenvalue weighted by Crippen LogP contribution is 2.19. The van der Waals surface area contributed by atoms with Crippen molar-refractivity contribution < 1.29 is 9.32 Å². The van der Waals surface area contributed by atoms with E-state index in [4.69, 9.17) is 4.52 Å². The van der Waals surface area contributed by atoms with Crippen LogP contribution in [0, 0.1) is 6.92 Å². The lowest BCUT2D eigenvalue weighted by Crippen LogP contribution is -2.29. The molecule has 1 fully saturated rings. The van der Waals surface area contributed by atoms with Crippen molar-refractivity contribution in [2.75, 3.05) is 18.4 Å². The molecule has 0 unspecified atom stereocenters. The number of carbonyl (C=O) groups is 1. The van der Waals surface area contributed by atoms with Crippen LogP contribution in [0.5, 0.6) is 0 Å². The molecule has 3 heterocycles. The van der Waals surface area contributed by atoms with Crippen LogP contribution in [0.15, 0.2) is 16.0 Å². The number of aryl methyl sites for hydroxylation is 1. The smallest absolute Gasteiger partial charge is 0.296 e. The fourth-order valence-corrected chi connectivity index (χ4v) is 3.11. The SMILES string of the molecule is Cc1cc(C(=O)Nc2nc(CN3CCCCC3)cs2)on1. The van der Waals surface area contributed by atoms with Crippen molar-refractivity contribution in [3.63, 3.8) is 0 Å². The van der Waals surface area contributed by atoms with Gasteiger partial charge in [0.25, 0.3) is 5.91 Å². The molecule has 6 nitrogen and oxygen atoms in total. The number of thiazole rings is 1.